The number of rotatable bonds is 2. The first-order valence-corrected chi connectivity index (χ1v) is 5.35. The first kappa shape index (κ1) is 10.9. The smallest absolute Gasteiger partial charge is 0.306 e. The molecule has 0 fully saturated rings. The van der Waals surface area contributed by atoms with Crippen LogP contribution in [0.3, 0.4) is 0 Å². The van der Waals surface area contributed by atoms with Crippen molar-refractivity contribution in [2.24, 2.45) is 5.92 Å². The van der Waals surface area contributed by atoms with Crippen molar-refractivity contribution in [3.8, 4) is 0 Å². The van der Waals surface area contributed by atoms with Gasteiger partial charge in [-0.05, 0) is 30.9 Å². The fourth-order valence-electron chi connectivity index (χ4n) is 2.02. The average Bonchev–Trinajstić information content (AvgIpc) is 2.30. The average molecular weight is 220 g/mol. The van der Waals surface area contributed by atoms with Crippen LogP contribution in [0.4, 0.5) is 4.39 Å². The quantitative estimate of drug-likeness (QED) is 0.831. The molecule has 0 saturated carbocycles. The molecule has 0 aromatic heterocycles. The lowest BCUT2D eigenvalue weighted by Crippen LogP contribution is -2.15. The van der Waals surface area contributed by atoms with Crippen molar-refractivity contribution >= 4 is 11.5 Å². The van der Waals surface area contributed by atoms with Crippen LogP contribution in [0.2, 0.25) is 0 Å². The molecule has 3 heteroatoms. The molecule has 1 N–H and O–H groups in total. The van der Waals surface area contributed by atoms with Crippen LogP contribution in [0, 0.1) is 11.7 Å². The maximum atomic E-state index is 13.5. The summed E-state index contributed by atoms with van der Waals surface area (Å²) in [5.74, 6) is -1.30. The minimum Gasteiger partial charge on any atom is -0.481 e. The van der Waals surface area contributed by atoms with E-state index >= 15 is 0 Å². The van der Waals surface area contributed by atoms with Gasteiger partial charge in [0.1, 0.15) is 5.82 Å². The van der Waals surface area contributed by atoms with Gasteiger partial charge in [-0.1, -0.05) is 24.3 Å². The summed E-state index contributed by atoms with van der Waals surface area (Å²) in [7, 11) is 0. The normalized spacial score (nSPS) is 20.3. The Morgan fingerprint density at radius 3 is 2.69 bits per heavy atom. The molecule has 1 unspecified atom stereocenters. The van der Waals surface area contributed by atoms with Gasteiger partial charge in [-0.3, -0.25) is 4.79 Å². The van der Waals surface area contributed by atoms with E-state index in [1.807, 2.05) is 6.08 Å². The van der Waals surface area contributed by atoms with Gasteiger partial charge in [0.25, 0.3) is 0 Å². The van der Waals surface area contributed by atoms with Crippen molar-refractivity contribution in [1.29, 1.82) is 0 Å². The molecule has 0 saturated heterocycles. The van der Waals surface area contributed by atoms with E-state index in [1.165, 1.54) is 6.07 Å². The molecule has 2 rings (SSSR count). The summed E-state index contributed by atoms with van der Waals surface area (Å²) in [6, 6.07) is 6.62. The predicted octanol–water partition coefficient (Wildman–Crippen LogP) is 3.09. The zero-order chi connectivity index (χ0) is 11.5. The Labute approximate surface area is 93.4 Å². The third-order valence-electron chi connectivity index (χ3n) is 2.98. The highest BCUT2D eigenvalue weighted by atomic mass is 19.1. The minimum atomic E-state index is -0.760. The molecule has 0 amide bonds. The summed E-state index contributed by atoms with van der Waals surface area (Å²) in [5, 5.41) is 8.85. The second-order valence-electron chi connectivity index (χ2n) is 4.02. The number of carboxylic acid groups (broad SMARTS) is 1. The first-order chi connectivity index (χ1) is 7.68. The maximum Gasteiger partial charge on any atom is 0.306 e. The Morgan fingerprint density at radius 2 is 2.12 bits per heavy atom. The topological polar surface area (TPSA) is 37.3 Å². The highest BCUT2D eigenvalue weighted by Gasteiger charge is 2.21. The Hall–Kier alpha value is -1.64. The maximum absolute atomic E-state index is 13.5. The van der Waals surface area contributed by atoms with Crippen LogP contribution in [0.1, 0.15) is 24.8 Å². The summed E-state index contributed by atoms with van der Waals surface area (Å²) in [6.45, 7) is 0. The van der Waals surface area contributed by atoms with Crippen LogP contribution in [-0.4, -0.2) is 11.1 Å². The molecule has 0 radical (unpaired) electrons. The number of hydrogen-bond acceptors (Lipinski definition) is 1. The zero-order valence-electron chi connectivity index (χ0n) is 8.82. The number of carbonyl (C=O) groups is 1. The molecule has 1 atom stereocenters. The molecule has 1 aliphatic carbocycles. The van der Waals surface area contributed by atoms with Gasteiger partial charge in [0.2, 0.25) is 0 Å². The monoisotopic (exact) mass is 220 g/mol. The van der Waals surface area contributed by atoms with Crippen molar-refractivity contribution in [2.45, 2.75) is 19.3 Å². The Bertz CT molecular complexity index is 437. The molecule has 0 aliphatic heterocycles. The predicted molar refractivity (Wildman–Crippen MR) is 59.4 cm³/mol. The second-order valence-corrected chi connectivity index (χ2v) is 4.02. The molecule has 84 valence electrons. The molecular formula is C13H13FO2. The van der Waals surface area contributed by atoms with Gasteiger partial charge in [0, 0.05) is 5.56 Å². The molecule has 2 nitrogen and oxygen atoms in total. The fraction of sp³-hybridized carbons (Fsp3) is 0.308. The number of allylic oxidation sites excluding steroid dienone is 2. The second kappa shape index (κ2) is 4.47. The summed E-state index contributed by atoms with van der Waals surface area (Å²) >= 11 is 0. The Kier molecular flexibility index (Phi) is 3.04. The van der Waals surface area contributed by atoms with E-state index in [4.69, 9.17) is 5.11 Å². The van der Waals surface area contributed by atoms with Gasteiger partial charge in [-0.15, -0.1) is 0 Å². The van der Waals surface area contributed by atoms with Crippen LogP contribution in [0.15, 0.2) is 30.3 Å². The number of benzene rings is 1. The van der Waals surface area contributed by atoms with E-state index < -0.39 is 5.97 Å². The molecule has 1 aromatic rings. The highest BCUT2D eigenvalue weighted by Crippen LogP contribution is 2.31. The van der Waals surface area contributed by atoms with E-state index in [1.54, 1.807) is 18.2 Å². The Morgan fingerprint density at radius 1 is 1.38 bits per heavy atom. The molecule has 16 heavy (non-hydrogen) atoms. The van der Waals surface area contributed by atoms with Crippen molar-refractivity contribution in [1.82, 2.24) is 0 Å². The van der Waals surface area contributed by atoms with Crippen molar-refractivity contribution in [2.75, 3.05) is 0 Å². The molecular weight excluding hydrogens is 207 g/mol. The largest absolute Gasteiger partial charge is 0.481 e. The van der Waals surface area contributed by atoms with E-state index in [2.05, 4.69) is 0 Å². The lowest BCUT2D eigenvalue weighted by Gasteiger charge is -2.18. The van der Waals surface area contributed by atoms with E-state index in [0.29, 0.717) is 24.8 Å². The molecule has 1 aliphatic rings. The van der Waals surface area contributed by atoms with Crippen LogP contribution in [0.5, 0.6) is 0 Å². The van der Waals surface area contributed by atoms with Gasteiger partial charge in [0.15, 0.2) is 0 Å². The van der Waals surface area contributed by atoms with Crippen LogP contribution in [-0.2, 0) is 4.79 Å². The lowest BCUT2D eigenvalue weighted by molar-refractivity contribution is -0.141. The third-order valence-corrected chi connectivity index (χ3v) is 2.98. The zero-order valence-corrected chi connectivity index (χ0v) is 8.82. The van der Waals surface area contributed by atoms with Crippen LogP contribution in [0.25, 0.3) is 5.57 Å². The van der Waals surface area contributed by atoms with E-state index in [-0.39, 0.29) is 11.7 Å². The molecule has 1 aromatic carbocycles. The summed E-state index contributed by atoms with van der Waals surface area (Å²) < 4.78 is 13.5. The summed E-state index contributed by atoms with van der Waals surface area (Å²) in [4.78, 5) is 10.8. The standard InChI is InChI=1S/C13H13FO2/c14-12-4-2-1-3-11(12)9-5-7-10(8-6-9)13(15)16/h1-5,10H,6-8H2,(H,15,16). The van der Waals surface area contributed by atoms with Gasteiger partial charge in [-0.25, -0.2) is 4.39 Å². The van der Waals surface area contributed by atoms with Crippen molar-refractivity contribution < 1.29 is 14.3 Å². The number of carboxylic acids is 1. The summed E-state index contributed by atoms with van der Waals surface area (Å²) in [6.07, 6.45) is 3.58. The van der Waals surface area contributed by atoms with Crippen molar-refractivity contribution in [3.05, 3.63) is 41.7 Å². The van der Waals surface area contributed by atoms with Crippen LogP contribution >= 0.6 is 0 Å². The summed E-state index contributed by atoms with van der Waals surface area (Å²) in [5.41, 5.74) is 1.53. The SMILES string of the molecule is O=C(O)C1CC=C(c2ccccc2F)CC1. The number of halogens is 1. The minimum absolute atomic E-state index is 0.234. The number of aliphatic carboxylic acids is 1. The van der Waals surface area contributed by atoms with Crippen LogP contribution < -0.4 is 0 Å². The first-order valence-electron chi connectivity index (χ1n) is 5.35. The highest BCUT2D eigenvalue weighted by molar-refractivity contribution is 5.74. The van der Waals surface area contributed by atoms with Gasteiger partial charge < -0.3 is 5.11 Å². The van der Waals surface area contributed by atoms with Gasteiger partial charge in [-0.2, -0.15) is 0 Å². The van der Waals surface area contributed by atoms with Gasteiger partial charge in [0.05, 0.1) is 5.92 Å². The van der Waals surface area contributed by atoms with Crippen molar-refractivity contribution in [3.63, 3.8) is 0 Å². The van der Waals surface area contributed by atoms with E-state index in [9.17, 15) is 9.18 Å². The molecule has 0 heterocycles. The fourth-order valence-corrected chi connectivity index (χ4v) is 2.02. The lowest BCUT2D eigenvalue weighted by atomic mass is 9.86. The van der Waals surface area contributed by atoms with Gasteiger partial charge >= 0.3 is 5.97 Å². The Balaban J connectivity index is 2.19. The molecule has 0 bridgehead atoms. The molecule has 0 spiro atoms. The third kappa shape index (κ3) is 2.13. The van der Waals surface area contributed by atoms with E-state index in [0.717, 1.165) is 5.57 Å². The number of hydrogen-bond donors (Lipinski definition) is 1.